The van der Waals surface area contributed by atoms with Crippen LogP contribution in [-0.2, 0) is 4.79 Å². The molecule has 19 heavy (non-hydrogen) atoms. The molecular weight excluding hydrogens is 236 g/mol. The average Bonchev–Trinajstić information content (AvgIpc) is 2.73. The van der Waals surface area contributed by atoms with E-state index in [4.69, 9.17) is 0 Å². The van der Waals surface area contributed by atoms with Crippen molar-refractivity contribution in [2.24, 2.45) is 16.7 Å². The van der Waals surface area contributed by atoms with Gasteiger partial charge in [0.2, 0.25) is 0 Å². The van der Waals surface area contributed by atoms with Gasteiger partial charge in [0.25, 0.3) is 0 Å². The van der Waals surface area contributed by atoms with Gasteiger partial charge in [0, 0.05) is 17.4 Å². The molecule has 2 unspecified atom stereocenters. The van der Waals surface area contributed by atoms with Gasteiger partial charge >= 0.3 is 0 Å². The molecule has 102 valence electrons. The van der Waals surface area contributed by atoms with Crippen molar-refractivity contribution in [1.29, 1.82) is 0 Å². The predicted molar refractivity (Wildman–Crippen MR) is 76.1 cm³/mol. The van der Waals surface area contributed by atoms with Gasteiger partial charge in [-0.1, -0.05) is 51.1 Å². The lowest BCUT2D eigenvalue weighted by atomic mass is 9.70. The third-order valence-electron chi connectivity index (χ3n) is 5.42. The van der Waals surface area contributed by atoms with Crippen molar-refractivity contribution in [1.82, 2.24) is 0 Å². The molecule has 2 heteroatoms. The van der Waals surface area contributed by atoms with E-state index in [-0.39, 0.29) is 10.8 Å². The van der Waals surface area contributed by atoms with Gasteiger partial charge in [0.15, 0.2) is 0 Å². The van der Waals surface area contributed by atoms with Crippen LogP contribution in [0, 0.1) is 16.7 Å². The molecule has 0 spiro atoms. The van der Waals surface area contributed by atoms with Crippen molar-refractivity contribution >= 4 is 12.1 Å². The van der Waals surface area contributed by atoms with E-state index < -0.39 is 0 Å². The van der Waals surface area contributed by atoms with Crippen molar-refractivity contribution in [3.63, 3.8) is 0 Å². The number of ketones is 1. The maximum absolute atomic E-state index is 11.6. The molecule has 2 aliphatic carbocycles. The van der Waals surface area contributed by atoms with E-state index in [1.807, 2.05) is 18.2 Å². The first-order valence-corrected chi connectivity index (χ1v) is 6.95. The van der Waals surface area contributed by atoms with Crippen LogP contribution in [0.3, 0.4) is 0 Å². The summed E-state index contributed by atoms with van der Waals surface area (Å²) in [6, 6.07) is 9.10. The van der Waals surface area contributed by atoms with Crippen LogP contribution in [0.1, 0.15) is 50.4 Å². The van der Waals surface area contributed by atoms with E-state index in [1.54, 1.807) is 12.1 Å². The molecule has 3 rings (SSSR count). The van der Waals surface area contributed by atoms with Gasteiger partial charge in [-0.15, -0.1) is 0 Å². The molecule has 0 heterocycles. The Morgan fingerprint density at radius 2 is 1.79 bits per heavy atom. The number of carbonyl (C=O) groups excluding carboxylic acids is 2. The van der Waals surface area contributed by atoms with Crippen molar-refractivity contribution in [2.45, 2.75) is 40.0 Å². The van der Waals surface area contributed by atoms with Crippen molar-refractivity contribution < 1.29 is 9.59 Å². The third-order valence-corrected chi connectivity index (χ3v) is 5.42. The molecule has 0 radical (unpaired) electrons. The van der Waals surface area contributed by atoms with Crippen LogP contribution in [-0.4, -0.2) is 12.1 Å². The topological polar surface area (TPSA) is 34.1 Å². The molecular formula is C17H22O2. The summed E-state index contributed by atoms with van der Waals surface area (Å²) in [5.74, 6) is 1.19. The van der Waals surface area contributed by atoms with Crippen LogP contribution < -0.4 is 0 Å². The third kappa shape index (κ3) is 2.24. The van der Waals surface area contributed by atoms with Crippen LogP contribution in [0.15, 0.2) is 30.3 Å². The van der Waals surface area contributed by atoms with Gasteiger partial charge in [-0.05, 0) is 24.2 Å². The normalized spacial score (nSPS) is 30.7. The Morgan fingerprint density at radius 3 is 2.05 bits per heavy atom. The zero-order chi connectivity index (χ0) is 14.1. The number of fused-ring (bicyclic) bond motifs is 2. The molecule has 2 bridgehead atoms. The molecule has 0 aliphatic heterocycles. The standard InChI is InChI=1S/C10H16O.C7H6O/c1-9(2)7-4-5-10(9,3)8(11)6-7;8-6-7-4-2-1-3-5-7/h7H,4-6H2,1-3H3;1-6H. The predicted octanol–water partition coefficient (Wildman–Crippen LogP) is 3.90. The number of carbonyl (C=O) groups is 2. The zero-order valence-electron chi connectivity index (χ0n) is 12.0. The molecule has 2 fully saturated rings. The van der Waals surface area contributed by atoms with Gasteiger partial charge in [-0.25, -0.2) is 0 Å². The Morgan fingerprint density at radius 1 is 1.16 bits per heavy atom. The molecule has 1 aromatic carbocycles. The molecule has 0 aromatic heterocycles. The molecule has 0 amide bonds. The number of rotatable bonds is 1. The summed E-state index contributed by atoms with van der Waals surface area (Å²) in [4.78, 5) is 21.6. The van der Waals surface area contributed by atoms with Gasteiger partial charge in [-0.2, -0.15) is 0 Å². The minimum atomic E-state index is 0.0255. The quantitative estimate of drug-likeness (QED) is 0.716. The Labute approximate surface area is 115 Å². The Hall–Kier alpha value is -1.44. The maximum Gasteiger partial charge on any atom is 0.150 e. The molecule has 2 saturated carbocycles. The Balaban J connectivity index is 0.000000148. The fraction of sp³-hybridized carbons (Fsp3) is 0.529. The second-order valence-electron chi connectivity index (χ2n) is 6.45. The van der Waals surface area contributed by atoms with Gasteiger partial charge in [0.1, 0.15) is 12.1 Å². The molecule has 0 saturated heterocycles. The second kappa shape index (κ2) is 4.92. The summed E-state index contributed by atoms with van der Waals surface area (Å²) in [6.07, 6.45) is 4.09. The van der Waals surface area contributed by atoms with E-state index in [1.165, 1.54) is 6.42 Å². The summed E-state index contributed by atoms with van der Waals surface area (Å²) in [5.41, 5.74) is 1.04. The number of hydrogen-bond acceptors (Lipinski definition) is 2. The fourth-order valence-electron chi connectivity index (χ4n) is 3.43. The number of benzene rings is 1. The van der Waals surface area contributed by atoms with Crippen LogP contribution in [0.4, 0.5) is 0 Å². The van der Waals surface area contributed by atoms with E-state index in [0.29, 0.717) is 11.7 Å². The van der Waals surface area contributed by atoms with Gasteiger partial charge < -0.3 is 0 Å². The van der Waals surface area contributed by atoms with Crippen LogP contribution in [0.5, 0.6) is 0 Å². The highest BCUT2D eigenvalue weighted by molar-refractivity contribution is 5.89. The van der Waals surface area contributed by atoms with Crippen molar-refractivity contribution in [2.75, 3.05) is 0 Å². The van der Waals surface area contributed by atoms with E-state index in [2.05, 4.69) is 20.8 Å². The van der Waals surface area contributed by atoms with Crippen molar-refractivity contribution in [3.05, 3.63) is 35.9 Å². The summed E-state index contributed by atoms with van der Waals surface area (Å²) >= 11 is 0. The Kier molecular flexibility index (Phi) is 3.62. The van der Waals surface area contributed by atoms with Crippen LogP contribution >= 0.6 is 0 Å². The van der Waals surface area contributed by atoms with E-state index >= 15 is 0 Å². The lowest BCUT2D eigenvalue weighted by Gasteiger charge is -2.32. The monoisotopic (exact) mass is 258 g/mol. The average molecular weight is 258 g/mol. The molecule has 2 atom stereocenters. The Bertz CT molecular complexity index is 475. The highest BCUT2D eigenvalue weighted by atomic mass is 16.1. The van der Waals surface area contributed by atoms with Crippen LogP contribution in [0.25, 0.3) is 0 Å². The fourth-order valence-corrected chi connectivity index (χ4v) is 3.43. The smallest absolute Gasteiger partial charge is 0.150 e. The van der Waals surface area contributed by atoms with Crippen molar-refractivity contribution in [3.8, 4) is 0 Å². The first kappa shape index (κ1) is 14.0. The number of Topliss-reactive ketones (excluding diaryl/α,β-unsaturated/α-hetero) is 1. The van der Waals surface area contributed by atoms with Gasteiger partial charge in [0.05, 0.1) is 0 Å². The summed E-state index contributed by atoms with van der Waals surface area (Å²) in [6.45, 7) is 6.67. The summed E-state index contributed by atoms with van der Waals surface area (Å²) in [5, 5.41) is 0. The highest BCUT2D eigenvalue weighted by Crippen LogP contribution is 2.63. The summed E-state index contributed by atoms with van der Waals surface area (Å²) in [7, 11) is 0. The molecule has 0 N–H and O–H groups in total. The SMILES string of the molecule is CC12CCC(CC1=O)C2(C)C.O=Cc1ccccc1. The zero-order valence-corrected chi connectivity index (χ0v) is 12.0. The molecule has 1 aromatic rings. The molecule has 2 aliphatic rings. The lowest BCUT2D eigenvalue weighted by Crippen LogP contribution is -2.32. The van der Waals surface area contributed by atoms with Crippen LogP contribution in [0.2, 0.25) is 0 Å². The number of hydrogen-bond donors (Lipinski definition) is 0. The summed E-state index contributed by atoms with van der Waals surface area (Å²) < 4.78 is 0. The first-order chi connectivity index (χ1) is 8.91. The largest absolute Gasteiger partial charge is 0.299 e. The molecule has 2 nitrogen and oxygen atoms in total. The van der Waals surface area contributed by atoms with E-state index in [0.717, 1.165) is 24.7 Å². The maximum atomic E-state index is 11.6. The second-order valence-corrected chi connectivity index (χ2v) is 6.45. The minimum absolute atomic E-state index is 0.0255. The van der Waals surface area contributed by atoms with Gasteiger partial charge in [-0.3, -0.25) is 9.59 Å². The highest BCUT2D eigenvalue weighted by Gasteiger charge is 2.61. The van der Waals surface area contributed by atoms with E-state index in [9.17, 15) is 9.59 Å². The lowest BCUT2D eigenvalue weighted by molar-refractivity contribution is -0.128. The number of aldehydes is 1. The minimum Gasteiger partial charge on any atom is -0.299 e. The first-order valence-electron chi connectivity index (χ1n) is 6.95.